The molecule has 0 aliphatic heterocycles. The zero-order chi connectivity index (χ0) is 78.7. The highest BCUT2D eigenvalue weighted by Crippen LogP contribution is 2.13. The first-order valence-electron chi connectivity index (χ1n) is 33.8. The van der Waals surface area contributed by atoms with Crippen LogP contribution in [0.3, 0.4) is 0 Å². The fraction of sp³-hybridized carbons (Fsp3) is 0.690. The summed E-state index contributed by atoms with van der Waals surface area (Å²) in [7, 11) is 0. The number of unbranched alkanes of at least 4 members (excludes halogenated alkanes) is 2. The van der Waals surface area contributed by atoms with E-state index in [2.05, 4.69) is 95.8 Å². The molecule has 590 valence electrons. The number of amides is 12. The van der Waals surface area contributed by atoms with Gasteiger partial charge in [0.1, 0.15) is 60.4 Å². The summed E-state index contributed by atoms with van der Waals surface area (Å²) in [6.45, 7) is -0.266. The van der Waals surface area contributed by atoms with Crippen LogP contribution in [0.2, 0.25) is 0 Å². The molecule has 0 spiro atoms. The maximum Gasteiger partial charge on any atom is 0.243 e. The number of thiol groups is 1. The van der Waals surface area contributed by atoms with Gasteiger partial charge < -0.3 is 151 Å². The van der Waals surface area contributed by atoms with Crippen molar-refractivity contribution in [1.29, 1.82) is 0 Å². The summed E-state index contributed by atoms with van der Waals surface area (Å²) in [5.41, 5.74) is 94.6. The molecule has 10 atom stereocenters. The first kappa shape index (κ1) is 93.5. The van der Waals surface area contributed by atoms with Crippen LogP contribution in [0.4, 0.5) is 0 Å². The van der Waals surface area contributed by atoms with E-state index in [4.69, 9.17) is 97.5 Å². The number of nitrogens with two attached hydrogens (primary N) is 17. The van der Waals surface area contributed by atoms with E-state index in [-0.39, 0.29) is 190 Å². The zero-order valence-electron chi connectivity index (χ0n) is 58.8. The Hall–Kier alpha value is -10.5. The number of carbonyl (C=O) groups is 12. The van der Waals surface area contributed by atoms with Crippen LogP contribution in [0, 0.1) is 0 Å². The lowest BCUT2D eigenvalue weighted by molar-refractivity contribution is -0.136. The summed E-state index contributed by atoms with van der Waals surface area (Å²) in [5, 5.41) is 25.8. The number of rotatable bonds is 57. The predicted molar refractivity (Wildman–Crippen MR) is 395 cm³/mol. The number of aliphatic imine (C=N–C) groups is 6. The molecule has 0 bridgehead atoms. The zero-order valence-corrected chi connectivity index (χ0v) is 59.7. The molecule has 45 nitrogen and oxygen atoms in total. The molecule has 12 amide bonds. The molecule has 0 radical (unpaired) electrons. The van der Waals surface area contributed by atoms with Gasteiger partial charge in [0.15, 0.2) is 35.8 Å². The SMILES string of the molecule is NCCCC[C@H](NC(=O)[C@H](CCCN=C(N)N)NC(=O)CN)C(=O)N[C@@H](CCCCN)C(=O)N[C@@H](CCCN=C(N)N)C(=O)N[C@@H](CCCN=C(N)N)C(=O)N[C@@H](CCC(N)=O)C(=O)N[C@@H](CCCN=C(N)N)C(=O)N[C@@H](CCCN=C(N)N)C(=O)N[C@@H](CCCN=C(N)N)C(=O)N[C@@H](CS)C(N)=O. The van der Waals surface area contributed by atoms with Crippen LogP contribution in [-0.2, 0) is 57.5 Å². The maximum atomic E-state index is 14.8. The van der Waals surface area contributed by atoms with Crippen molar-refractivity contribution >= 4 is 119 Å². The second-order valence-corrected chi connectivity index (χ2v) is 24.1. The topological polar surface area (TPSA) is 842 Å². The molecular formula is C58H115N33O12S. The highest BCUT2D eigenvalue weighted by molar-refractivity contribution is 7.80. The van der Waals surface area contributed by atoms with Crippen LogP contribution < -0.4 is 151 Å². The number of nitrogens with one attached hydrogen (secondary N) is 10. The molecule has 0 heterocycles. The minimum atomic E-state index is -1.73. The summed E-state index contributed by atoms with van der Waals surface area (Å²) < 4.78 is 0. The van der Waals surface area contributed by atoms with Gasteiger partial charge in [-0.05, 0) is 135 Å². The molecular weight excluding hydrogens is 1380 g/mol. The van der Waals surface area contributed by atoms with E-state index in [1.54, 1.807) is 0 Å². The van der Waals surface area contributed by atoms with Crippen molar-refractivity contribution in [2.75, 3.05) is 64.7 Å². The number of carbonyl (C=O) groups excluding carboxylic acids is 12. The molecule has 44 N–H and O–H groups in total. The molecule has 0 aromatic rings. The van der Waals surface area contributed by atoms with Gasteiger partial charge in [-0.1, -0.05) is 0 Å². The minimum absolute atomic E-state index is 0.00726. The largest absolute Gasteiger partial charge is 0.370 e. The molecule has 0 saturated heterocycles. The molecule has 46 heteroatoms. The lowest BCUT2D eigenvalue weighted by Gasteiger charge is -2.28. The van der Waals surface area contributed by atoms with Gasteiger partial charge in [0.05, 0.1) is 6.54 Å². The van der Waals surface area contributed by atoms with Crippen molar-refractivity contribution in [3.63, 3.8) is 0 Å². The number of hydrogen-bond donors (Lipinski definition) is 28. The number of nitrogens with zero attached hydrogens (tertiary/aromatic N) is 6. The standard InChI is InChI=1S/C58H115N33O12S/c59-21-3-1-11-32(83-44(95)31(82-42(93)29-61)13-5-23-76-53(64)65)45(96)84-33(12-2-4-22-60)46(97)85-34(14-6-24-77-54(66)67)47(98)87-37(17-9-27-80-57(72)73)50(101)90-39(19-20-41(62)92)52(103)89-36(16-8-26-79-56(70)71)49(100)86-35(15-7-25-78-55(68)69)48(99)88-38(18-10-28-81-58(74)75)51(102)91-40(30-104)43(63)94/h31-40,104H,1-30,59-61H2,(H2,62,92)(H2,63,94)(H,82,93)(H,83,95)(H,84,96)(H,85,97)(H,86,100)(H,87,98)(H,88,99)(H,89,103)(H,90,101)(H,91,102)(H4,64,65,76)(H4,66,67,77)(H4,68,69,78)(H4,70,71,79)(H4,72,73,80)(H4,74,75,81)/t31-,32-,33-,34-,35-,36-,37-,38-,39-,40-/m0/s1. The Kier molecular flexibility index (Phi) is 48.7. The van der Waals surface area contributed by atoms with E-state index in [0.29, 0.717) is 19.3 Å². The van der Waals surface area contributed by atoms with Crippen LogP contribution in [0.5, 0.6) is 0 Å². The maximum absolute atomic E-state index is 14.8. The monoisotopic (exact) mass is 1500 g/mol. The Morgan fingerprint density at radius 1 is 0.260 bits per heavy atom. The molecule has 0 unspecified atom stereocenters. The molecule has 104 heavy (non-hydrogen) atoms. The fourth-order valence-electron chi connectivity index (χ4n) is 9.62. The average molecular weight is 1500 g/mol. The Morgan fingerprint density at radius 2 is 0.452 bits per heavy atom. The lowest BCUT2D eigenvalue weighted by atomic mass is 10.0. The molecule has 0 aliphatic rings. The van der Waals surface area contributed by atoms with Gasteiger partial charge in [-0.2, -0.15) is 12.6 Å². The molecule has 0 aromatic heterocycles. The summed E-state index contributed by atoms with van der Waals surface area (Å²) >= 11 is 4.08. The quantitative estimate of drug-likeness (QED) is 0.0116. The van der Waals surface area contributed by atoms with Crippen LogP contribution in [0.1, 0.15) is 128 Å². The molecule has 0 saturated carbocycles. The second kappa shape index (κ2) is 54.2. The van der Waals surface area contributed by atoms with E-state index >= 15 is 0 Å². The summed E-state index contributed by atoms with van der Waals surface area (Å²) in [5.74, 6) is -12.9. The molecule has 0 rings (SSSR count). The third kappa shape index (κ3) is 44.0. The van der Waals surface area contributed by atoms with Crippen LogP contribution in [0.25, 0.3) is 0 Å². The van der Waals surface area contributed by atoms with Gasteiger partial charge in [0, 0.05) is 51.4 Å². The smallest absolute Gasteiger partial charge is 0.243 e. The van der Waals surface area contributed by atoms with Gasteiger partial charge in [-0.25, -0.2) is 0 Å². The first-order chi connectivity index (χ1) is 49.2. The normalized spacial score (nSPS) is 13.6. The summed E-state index contributed by atoms with van der Waals surface area (Å²) in [6.07, 6.45) is -0.359. The summed E-state index contributed by atoms with van der Waals surface area (Å²) in [4.78, 5) is 190. The highest BCUT2D eigenvalue weighted by Gasteiger charge is 2.36. The average Bonchev–Trinajstić information content (AvgIpc) is 0.866. The second-order valence-electron chi connectivity index (χ2n) is 23.7. The predicted octanol–water partition coefficient (Wildman–Crippen LogP) is -12.9. The Balaban J connectivity index is 7.75. The van der Waals surface area contributed by atoms with Gasteiger partial charge in [-0.3, -0.25) is 87.5 Å². The Bertz CT molecular complexity index is 2920. The number of primary amides is 2. The third-order valence-electron chi connectivity index (χ3n) is 15.0. The van der Waals surface area contributed by atoms with Crippen molar-refractivity contribution in [3.05, 3.63) is 0 Å². The van der Waals surface area contributed by atoms with Gasteiger partial charge in [0.25, 0.3) is 0 Å². The molecule has 0 aromatic carbocycles. The third-order valence-corrected chi connectivity index (χ3v) is 15.4. The van der Waals surface area contributed by atoms with E-state index in [0.717, 1.165) is 0 Å². The highest BCUT2D eigenvalue weighted by atomic mass is 32.1. The summed E-state index contributed by atoms with van der Waals surface area (Å²) in [6, 6.07) is -14.6. The van der Waals surface area contributed by atoms with Crippen molar-refractivity contribution in [2.45, 2.75) is 189 Å². The van der Waals surface area contributed by atoms with Gasteiger partial charge in [-0.15, -0.1) is 0 Å². The molecule has 0 fully saturated rings. The van der Waals surface area contributed by atoms with Crippen molar-refractivity contribution in [1.82, 2.24) is 53.2 Å². The minimum Gasteiger partial charge on any atom is -0.370 e. The van der Waals surface area contributed by atoms with Crippen molar-refractivity contribution in [3.8, 4) is 0 Å². The van der Waals surface area contributed by atoms with E-state index < -0.39 is 151 Å². The van der Waals surface area contributed by atoms with Crippen LogP contribution in [0.15, 0.2) is 30.0 Å². The first-order valence-corrected chi connectivity index (χ1v) is 34.5. The van der Waals surface area contributed by atoms with Crippen molar-refractivity contribution < 1.29 is 57.5 Å². The number of hydrogen-bond acceptors (Lipinski definition) is 22. The van der Waals surface area contributed by atoms with Gasteiger partial charge in [0.2, 0.25) is 70.9 Å². The van der Waals surface area contributed by atoms with Gasteiger partial charge >= 0.3 is 0 Å². The Morgan fingerprint density at radius 3 is 0.625 bits per heavy atom. The van der Waals surface area contributed by atoms with E-state index in [1.807, 2.05) is 0 Å². The fourth-order valence-corrected chi connectivity index (χ4v) is 9.89. The van der Waals surface area contributed by atoms with E-state index in [1.165, 1.54) is 0 Å². The Labute approximate surface area is 608 Å². The van der Waals surface area contributed by atoms with Crippen molar-refractivity contribution in [2.24, 2.45) is 127 Å². The van der Waals surface area contributed by atoms with E-state index in [9.17, 15) is 57.5 Å². The van der Waals surface area contributed by atoms with Crippen LogP contribution in [-0.4, -0.2) is 232 Å². The number of guanidine groups is 6. The lowest BCUT2D eigenvalue weighted by Crippen LogP contribution is -2.60. The van der Waals surface area contributed by atoms with Crippen LogP contribution >= 0.6 is 12.6 Å². The molecule has 0 aliphatic carbocycles.